The van der Waals surface area contributed by atoms with Crippen LogP contribution < -0.4 is 10.2 Å². The zero-order chi connectivity index (χ0) is 33.0. The molecule has 0 aromatic carbocycles. The summed E-state index contributed by atoms with van der Waals surface area (Å²) in [5.74, 6) is -3.53. The first-order valence-corrected chi connectivity index (χ1v) is 15.7. The van der Waals surface area contributed by atoms with Crippen molar-refractivity contribution in [1.29, 1.82) is 0 Å². The van der Waals surface area contributed by atoms with E-state index in [9.17, 15) is 39.6 Å². The molecule has 2 atom stereocenters. The smallest absolute Gasteiger partial charge is 0.177 e. The van der Waals surface area contributed by atoms with E-state index in [0.29, 0.717) is 21.8 Å². The Morgan fingerprint density at radius 2 is 0.786 bits per heavy atom. The van der Waals surface area contributed by atoms with Crippen molar-refractivity contribution in [3.05, 3.63) is 0 Å². The molecule has 0 amide bonds. The van der Waals surface area contributed by atoms with Gasteiger partial charge in [-0.1, -0.05) is 78.1 Å². The van der Waals surface area contributed by atoms with Gasteiger partial charge in [0.2, 0.25) is 0 Å². The molecule has 0 aliphatic rings. The third kappa shape index (κ3) is 22.7. The number of carboxylic acids is 2. The second-order valence-corrected chi connectivity index (χ2v) is 13.9. The summed E-state index contributed by atoms with van der Waals surface area (Å²) in [4.78, 5) is 46.1. The molecule has 10 nitrogen and oxygen atoms in total. The Hall–Kier alpha value is -1.88. The Balaban J connectivity index is 0. The molecule has 2 unspecified atom stereocenters. The van der Waals surface area contributed by atoms with Crippen molar-refractivity contribution in [3.8, 4) is 0 Å². The SMILES string of the molecule is CCCCCCCCC(=O)C(O)(CC(=O)[O-])C[N+](C)(C)C.CCCCCCCCC(=O)C(O)(CC(=O)[O-])C[N+](C)(C)C. The Labute approximate surface area is 255 Å². The molecule has 0 aliphatic carbocycles. The summed E-state index contributed by atoms with van der Waals surface area (Å²) in [6, 6.07) is 0. The summed E-state index contributed by atoms with van der Waals surface area (Å²) < 4.78 is 0.651. The van der Waals surface area contributed by atoms with Gasteiger partial charge in [0.1, 0.15) is 13.1 Å². The van der Waals surface area contributed by atoms with Gasteiger partial charge in [-0.05, 0) is 12.8 Å². The molecule has 10 heteroatoms. The van der Waals surface area contributed by atoms with Crippen LogP contribution in [0.15, 0.2) is 0 Å². The first-order valence-electron chi connectivity index (χ1n) is 15.7. The van der Waals surface area contributed by atoms with Gasteiger partial charge in [0, 0.05) is 37.6 Å². The number of carbonyl (C=O) groups excluding carboxylic acids is 4. The van der Waals surface area contributed by atoms with E-state index in [1.165, 1.54) is 25.7 Å². The number of quaternary nitrogens is 2. The fourth-order valence-electron chi connectivity index (χ4n) is 5.13. The lowest BCUT2D eigenvalue weighted by Crippen LogP contribution is -2.56. The van der Waals surface area contributed by atoms with E-state index in [1.807, 2.05) is 42.3 Å². The molecule has 0 aromatic heterocycles. The van der Waals surface area contributed by atoms with Gasteiger partial charge in [0.05, 0.1) is 42.3 Å². The molecule has 0 fully saturated rings. The standard InChI is InChI=1S/2C16H31NO4/c2*1-5-6-7-8-9-10-11-14(18)16(21,12-15(19)20)13-17(2,3)4/h2*21H,5-13H2,1-4H3. The van der Waals surface area contributed by atoms with Gasteiger partial charge in [0.15, 0.2) is 22.8 Å². The van der Waals surface area contributed by atoms with Crippen LogP contribution in [0, 0.1) is 0 Å². The molecule has 248 valence electrons. The number of hydrogen-bond acceptors (Lipinski definition) is 8. The van der Waals surface area contributed by atoms with Gasteiger partial charge in [-0.2, -0.15) is 0 Å². The highest BCUT2D eigenvalue weighted by molar-refractivity contribution is 5.91. The van der Waals surface area contributed by atoms with Crippen molar-refractivity contribution in [2.24, 2.45) is 0 Å². The topological polar surface area (TPSA) is 155 Å². The van der Waals surface area contributed by atoms with Gasteiger partial charge in [0.25, 0.3) is 0 Å². The molecular formula is C32H62N2O8. The van der Waals surface area contributed by atoms with Crippen LogP contribution in [-0.4, -0.2) is 109 Å². The predicted molar refractivity (Wildman–Crippen MR) is 161 cm³/mol. The predicted octanol–water partition coefficient (Wildman–Crippen LogP) is 1.77. The molecule has 0 heterocycles. The summed E-state index contributed by atoms with van der Waals surface area (Å²) >= 11 is 0. The molecule has 0 rings (SSSR count). The fraction of sp³-hybridized carbons (Fsp3) is 0.875. The van der Waals surface area contributed by atoms with E-state index in [4.69, 9.17) is 0 Å². The van der Waals surface area contributed by atoms with Gasteiger partial charge < -0.3 is 39.0 Å². The first-order chi connectivity index (χ1) is 19.2. The lowest BCUT2D eigenvalue weighted by molar-refractivity contribution is -0.875. The van der Waals surface area contributed by atoms with Crippen molar-refractivity contribution >= 4 is 23.5 Å². The zero-order valence-corrected chi connectivity index (χ0v) is 28.0. The molecule has 2 N–H and O–H groups in total. The maximum Gasteiger partial charge on any atom is 0.177 e. The van der Waals surface area contributed by atoms with Crippen LogP contribution in [0.5, 0.6) is 0 Å². The minimum Gasteiger partial charge on any atom is -0.550 e. The number of unbranched alkanes of at least 4 members (excludes halogenated alkanes) is 10. The molecule has 42 heavy (non-hydrogen) atoms. The first kappa shape index (κ1) is 42.3. The van der Waals surface area contributed by atoms with Gasteiger partial charge >= 0.3 is 0 Å². The number of hydrogen-bond donors (Lipinski definition) is 2. The average Bonchev–Trinajstić information content (AvgIpc) is 2.80. The molecule has 0 bridgehead atoms. The number of aliphatic carboxylic acids is 2. The van der Waals surface area contributed by atoms with E-state index in [2.05, 4.69) is 13.8 Å². The number of ketones is 2. The Bertz CT molecular complexity index is 737. The summed E-state index contributed by atoms with van der Waals surface area (Å²) in [7, 11) is 10.9. The van der Waals surface area contributed by atoms with Crippen molar-refractivity contribution in [2.45, 2.75) is 128 Å². The lowest BCUT2D eigenvalue weighted by atomic mass is 9.89. The van der Waals surface area contributed by atoms with Crippen LogP contribution in [0.4, 0.5) is 0 Å². The summed E-state index contributed by atoms with van der Waals surface area (Å²) in [6.07, 6.45) is 11.7. The van der Waals surface area contributed by atoms with Crippen LogP contribution in [-0.2, 0) is 19.2 Å². The van der Waals surface area contributed by atoms with E-state index in [-0.39, 0.29) is 37.5 Å². The summed E-state index contributed by atoms with van der Waals surface area (Å²) in [6.45, 7) is 4.45. The number of carbonyl (C=O) groups is 4. The normalized spacial score (nSPS) is 14.7. The van der Waals surface area contributed by atoms with Crippen molar-refractivity contribution in [3.63, 3.8) is 0 Å². The van der Waals surface area contributed by atoms with Crippen molar-refractivity contribution in [2.75, 3.05) is 55.4 Å². The highest BCUT2D eigenvalue weighted by atomic mass is 16.4. The van der Waals surface area contributed by atoms with Crippen LogP contribution in [0.2, 0.25) is 0 Å². The Morgan fingerprint density at radius 3 is 1.02 bits per heavy atom. The fourth-order valence-corrected chi connectivity index (χ4v) is 5.13. The van der Waals surface area contributed by atoms with Gasteiger partial charge in [-0.3, -0.25) is 9.59 Å². The van der Waals surface area contributed by atoms with E-state index in [0.717, 1.165) is 38.5 Å². The van der Waals surface area contributed by atoms with Gasteiger partial charge in [-0.25, -0.2) is 0 Å². The Kier molecular flexibility index (Phi) is 21.1. The minimum absolute atomic E-state index is 0.0790. The van der Waals surface area contributed by atoms with Crippen molar-refractivity contribution < 1.29 is 48.6 Å². The van der Waals surface area contributed by atoms with E-state index in [1.54, 1.807) is 0 Å². The molecule has 0 saturated heterocycles. The van der Waals surface area contributed by atoms with Crippen LogP contribution in [0.3, 0.4) is 0 Å². The third-order valence-electron chi connectivity index (χ3n) is 6.90. The molecule has 0 aromatic rings. The molecule has 0 saturated carbocycles. The highest BCUT2D eigenvalue weighted by Gasteiger charge is 2.41. The number of likely N-dealkylation sites (N-methyl/N-ethyl adjacent to an activating group) is 2. The maximum absolute atomic E-state index is 12.2. The number of Topliss-reactive ketones (excluding diaryl/α,β-unsaturated/α-hetero) is 2. The largest absolute Gasteiger partial charge is 0.550 e. The molecular weight excluding hydrogens is 540 g/mol. The van der Waals surface area contributed by atoms with Crippen LogP contribution >= 0.6 is 0 Å². The lowest BCUT2D eigenvalue weighted by Gasteiger charge is -2.35. The van der Waals surface area contributed by atoms with E-state index < -0.39 is 36.0 Å². The quantitative estimate of drug-likeness (QED) is 0.125. The molecule has 0 spiro atoms. The van der Waals surface area contributed by atoms with Gasteiger partial charge in [-0.15, -0.1) is 0 Å². The third-order valence-corrected chi connectivity index (χ3v) is 6.90. The Morgan fingerprint density at radius 1 is 0.524 bits per heavy atom. The van der Waals surface area contributed by atoms with Crippen LogP contribution in [0.1, 0.15) is 117 Å². The highest BCUT2D eigenvalue weighted by Crippen LogP contribution is 2.21. The molecule has 0 aliphatic heterocycles. The van der Waals surface area contributed by atoms with Crippen LogP contribution in [0.25, 0.3) is 0 Å². The second-order valence-electron chi connectivity index (χ2n) is 13.9. The number of nitrogens with zero attached hydrogens (tertiary/aromatic N) is 2. The monoisotopic (exact) mass is 602 g/mol. The molecule has 0 radical (unpaired) electrons. The second kappa shape index (κ2) is 20.9. The zero-order valence-electron chi connectivity index (χ0n) is 28.0. The van der Waals surface area contributed by atoms with E-state index >= 15 is 0 Å². The summed E-state index contributed by atoms with van der Waals surface area (Å²) in [5.41, 5.74) is -3.64. The number of aliphatic hydroxyl groups is 2. The number of rotatable bonds is 24. The van der Waals surface area contributed by atoms with Crippen molar-refractivity contribution in [1.82, 2.24) is 0 Å². The number of carboxylic acid groups (broad SMARTS) is 2. The summed E-state index contributed by atoms with van der Waals surface area (Å²) in [5, 5.41) is 42.5. The average molecular weight is 603 g/mol. The minimum atomic E-state index is -1.82. The maximum atomic E-state index is 12.2.